The van der Waals surface area contributed by atoms with Crippen molar-refractivity contribution in [2.24, 2.45) is 0 Å². The second kappa shape index (κ2) is 9.17. The summed E-state index contributed by atoms with van der Waals surface area (Å²) in [4.78, 5) is 26.4. The smallest absolute Gasteiger partial charge is 0.251 e. The maximum atomic E-state index is 12.1. The van der Waals surface area contributed by atoms with Crippen LogP contribution in [0.25, 0.3) is 11.3 Å². The zero-order valence-corrected chi connectivity index (χ0v) is 16.5. The highest BCUT2D eigenvalue weighted by Crippen LogP contribution is 2.22. The Morgan fingerprint density at radius 2 is 1.60 bits per heavy atom. The molecule has 152 valence electrons. The number of rotatable bonds is 6. The highest BCUT2D eigenvalue weighted by molar-refractivity contribution is 5.99. The minimum Gasteiger partial charge on any atom is -0.355 e. The Morgan fingerprint density at radius 1 is 0.867 bits per heavy atom. The quantitative estimate of drug-likeness (QED) is 0.663. The van der Waals surface area contributed by atoms with Crippen LogP contribution in [0, 0.1) is 0 Å². The van der Waals surface area contributed by atoms with Crippen molar-refractivity contribution in [2.75, 3.05) is 29.9 Å². The van der Waals surface area contributed by atoms with Crippen LogP contribution in [0.2, 0.25) is 0 Å². The van der Waals surface area contributed by atoms with Crippen molar-refractivity contribution in [1.82, 2.24) is 15.5 Å². The first kappa shape index (κ1) is 19.6. The largest absolute Gasteiger partial charge is 0.355 e. The minimum absolute atomic E-state index is 0.0983. The summed E-state index contributed by atoms with van der Waals surface area (Å²) in [7, 11) is 0. The second-order valence-corrected chi connectivity index (χ2v) is 7.15. The standard InChI is InChI=1S/C23H23N5O2/c29-22(16-24-23(30)18-6-2-1-3-7-18)25-19-10-8-17(9-11-19)20-12-13-21(27-26-20)28-14-4-5-15-28/h1-3,6-13H,4-5,14-16H2,(H,24,30)(H,25,29). The fraction of sp³-hybridized carbons (Fsp3) is 0.217. The van der Waals surface area contributed by atoms with Gasteiger partial charge in [0.2, 0.25) is 5.91 Å². The van der Waals surface area contributed by atoms with Crippen LogP contribution in [-0.4, -0.2) is 41.6 Å². The van der Waals surface area contributed by atoms with Gasteiger partial charge in [0.05, 0.1) is 12.2 Å². The van der Waals surface area contributed by atoms with E-state index in [1.807, 2.05) is 42.5 Å². The van der Waals surface area contributed by atoms with Gasteiger partial charge in [-0.15, -0.1) is 10.2 Å². The van der Waals surface area contributed by atoms with Gasteiger partial charge >= 0.3 is 0 Å². The van der Waals surface area contributed by atoms with Crippen LogP contribution in [0.4, 0.5) is 11.5 Å². The van der Waals surface area contributed by atoms with Gasteiger partial charge in [0.25, 0.3) is 5.91 Å². The van der Waals surface area contributed by atoms with Crippen molar-refractivity contribution in [2.45, 2.75) is 12.8 Å². The van der Waals surface area contributed by atoms with E-state index in [2.05, 4.69) is 25.7 Å². The van der Waals surface area contributed by atoms with Crippen molar-refractivity contribution in [1.29, 1.82) is 0 Å². The number of nitrogens with zero attached hydrogens (tertiary/aromatic N) is 3. The van der Waals surface area contributed by atoms with Crippen LogP contribution in [0.15, 0.2) is 66.7 Å². The zero-order valence-electron chi connectivity index (χ0n) is 16.5. The maximum Gasteiger partial charge on any atom is 0.251 e. The first-order valence-corrected chi connectivity index (χ1v) is 10.0. The molecule has 0 aliphatic carbocycles. The summed E-state index contributed by atoms with van der Waals surface area (Å²) in [5.41, 5.74) is 2.88. The highest BCUT2D eigenvalue weighted by atomic mass is 16.2. The Bertz CT molecular complexity index is 998. The predicted molar refractivity (Wildman–Crippen MR) is 116 cm³/mol. The Labute approximate surface area is 175 Å². The first-order chi connectivity index (χ1) is 14.7. The molecule has 2 amide bonds. The van der Waals surface area contributed by atoms with E-state index in [1.165, 1.54) is 12.8 Å². The van der Waals surface area contributed by atoms with Gasteiger partial charge in [-0.05, 0) is 49.2 Å². The molecule has 1 saturated heterocycles. The van der Waals surface area contributed by atoms with Crippen LogP contribution in [0.3, 0.4) is 0 Å². The molecule has 0 saturated carbocycles. The molecule has 2 aromatic carbocycles. The van der Waals surface area contributed by atoms with E-state index in [-0.39, 0.29) is 18.4 Å². The number of carbonyl (C=O) groups is 2. The summed E-state index contributed by atoms with van der Waals surface area (Å²) in [6.45, 7) is 1.97. The molecule has 0 atom stereocenters. The van der Waals surface area contributed by atoms with E-state index in [9.17, 15) is 9.59 Å². The number of anilines is 2. The Kier molecular flexibility index (Phi) is 5.98. The van der Waals surface area contributed by atoms with E-state index >= 15 is 0 Å². The highest BCUT2D eigenvalue weighted by Gasteiger charge is 2.14. The fourth-order valence-electron chi connectivity index (χ4n) is 3.38. The third-order valence-corrected chi connectivity index (χ3v) is 4.99. The zero-order chi connectivity index (χ0) is 20.8. The van der Waals surface area contributed by atoms with Gasteiger partial charge in [0.1, 0.15) is 0 Å². The van der Waals surface area contributed by atoms with Crippen molar-refractivity contribution >= 4 is 23.3 Å². The van der Waals surface area contributed by atoms with Crippen LogP contribution < -0.4 is 15.5 Å². The van der Waals surface area contributed by atoms with E-state index in [0.29, 0.717) is 11.3 Å². The number of hydrogen-bond acceptors (Lipinski definition) is 5. The summed E-state index contributed by atoms with van der Waals surface area (Å²) < 4.78 is 0. The molecule has 0 spiro atoms. The number of aromatic nitrogens is 2. The summed E-state index contributed by atoms with van der Waals surface area (Å²) in [6, 6.07) is 20.1. The maximum absolute atomic E-state index is 12.1. The topological polar surface area (TPSA) is 87.2 Å². The lowest BCUT2D eigenvalue weighted by Gasteiger charge is -2.15. The van der Waals surface area contributed by atoms with Crippen molar-refractivity contribution < 1.29 is 9.59 Å². The van der Waals surface area contributed by atoms with Crippen molar-refractivity contribution in [3.63, 3.8) is 0 Å². The van der Waals surface area contributed by atoms with Gasteiger partial charge in [-0.25, -0.2) is 0 Å². The Balaban J connectivity index is 1.31. The van der Waals surface area contributed by atoms with Gasteiger partial charge in [-0.1, -0.05) is 30.3 Å². The third-order valence-electron chi connectivity index (χ3n) is 4.99. The fourth-order valence-corrected chi connectivity index (χ4v) is 3.38. The summed E-state index contributed by atoms with van der Waals surface area (Å²) in [5.74, 6) is 0.344. The monoisotopic (exact) mass is 401 g/mol. The van der Waals surface area contributed by atoms with Crippen LogP contribution >= 0.6 is 0 Å². The van der Waals surface area contributed by atoms with Crippen LogP contribution in [0.1, 0.15) is 23.2 Å². The van der Waals surface area contributed by atoms with Gasteiger partial charge in [0, 0.05) is 29.9 Å². The molecule has 2 heterocycles. The Hall–Kier alpha value is -3.74. The van der Waals surface area contributed by atoms with E-state index in [0.717, 1.165) is 30.2 Å². The first-order valence-electron chi connectivity index (χ1n) is 10.0. The van der Waals surface area contributed by atoms with Crippen LogP contribution in [0.5, 0.6) is 0 Å². The lowest BCUT2D eigenvalue weighted by atomic mass is 10.1. The lowest BCUT2D eigenvalue weighted by Crippen LogP contribution is -2.32. The lowest BCUT2D eigenvalue weighted by molar-refractivity contribution is -0.115. The van der Waals surface area contributed by atoms with E-state index in [1.54, 1.807) is 24.3 Å². The SMILES string of the molecule is O=C(CNC(=O)c1ccccc1)Nc1ccc(-c2ccc(N3CCCC3)nn2)cc1. The van der Waals surface area contributed by atoms with Crippen molar-refractivity contribution in [3.05, 3.63) is 72.3 Å². The molecule has 1 fully saturated rings. The molecular formula is C23H23N5O2. The van der Waals surface area contributed by atoms with Gasteiger partial charge in [-0.3, -0.25) is 9.59 Å². The molecular weight excluding hydrogens is 378 g/mol. The van der Waals surface area contributed by atoms with Crippen molar-refractivity contribution in [3.8, 4) is 11.3 Å². The summed E-state index contributed by atoms with van der Waals surface area (Å²) >= 11 is 0. The molecule has 0 unspecified atom stereocenters. The van der Waals surface area contributed by atoms with E-state index in [4.69, 9.17) is 0 Å². The molecule has 4 rings (SSSR count). The molecule has 0 radical (unpaired) electrons. The molecule has 1 aliphatic heterocycles. The number of amides is 2. The minimum atomic E-state index is -0.290. The van der Waals surface area contributed by atoms with E-state index < -0.39 is 0 Å². The molecule has 1 aromatic heterocycles. The van der Waals surface area contributed by atoms with Gasteiger partial charge in [-0.2, -0.15) is 0 Å². The van der Waals surface area contributed by atoms with Gasteiger partial charge < -0.3 is 15.5 Å². The third kappa shape index (κ3) is 4.81. The summed E-state index contributed by atoms with van der Waals surface area (Å²) in [6.07, 6.45) is 2.40. The molecule has 1 aliphatic rings. The second-order valence-electron chi connectivity index (χ2n) is 7.15. The number of carbonyl (C=O) groups excluding carboxylic acids is 2. The Morgan fingerprint density at radius 3 is 2.27 bits per heavy atom. The van der Waals surface area contributed by atoms with Gasteiger partial charge in [0.15, 0.2) is 5.82 Å². The normalized spacial score (nSPS) is 13.1. The molecule has 7 nitrogen and oxygen atoms in total. The number of benzene rings is 2. The summed E-state index contributed by atoms with van der Waals surface area (Å²) in [5, 5.41) is 14.1. The van der Waals surface area contributed by atoms with Crippen LogP contribution in [-0.2, 0) is 4.79 Å². The molecule has 2 N–H and O–H groups in total. The molecule has 7 heteroatoms. The average Bonchev–Trinajstić information content (AvgIpc) is 3.34. The number of hydrogen-bond donors (Lipinski definition) is 2. The molecule has 0 bridgehead atoms. The predicted octanol–water partition coefficient (Wildman–Crippen LogP) is 3.11. The molecule has 3 aromatic rings. The average molecular weight is 401 g/mol. The number of nitrogens with one attached hydrogen (secondary N) is 2. The molecule has 30 heavy (non-hydrogen) atoms.